The predicted octanol–water partition coefficient (Wildman–Crippen LogP) is 3.07. The van der Waals surface area contributed by atoms with Crippen LogP contribution in [0.5, 0.6) is 0 Å². The van der Waals surface area contributed by atoms with Crippen LogP contribution < -0.4 is 10.6 Å². The van der Waals surface area contributed by atoms with Gasteiger partial charge in [0, 0.05) is 36.7 Å². The second-order valence-electron chi connectivity index (χ2n) is 6.05. The van der Waals surface area contributed by atoms with Crippen molar-refractivity contribution in [3.8, 4) is 0 Å². The average molecular weight is 298 g/mol. The van der Waals surface area contributed by atoms with Crippen LogP contribution in [0, 0.1) is 5.92 Å². The van der Waals surface area contributed by atoms with Crippen LogP contribution >= 0.6 is 0 Å². The van der Waals surface area contributed by atoms with E-state index in [0.29, 0.717) is 0 Å². The van der Waals surface area contributed by atoms with Crippen molar-refractivity contribution in [3.63, 3.8) is 0 Å². The highest BCUT2D eigenvalue weighted by Gasteiger charge is 2.20. The van der Waals surface area contributed by atoms with Gasteiger partial charge in [0.15, 0.2) is 5.96 Å². The third-order valence-corrected chi connectivity index (χ3v) is 4.14. The molecule has 0 spiro atoms. The van der Waals surface area contributed by atoms with Gasteiger partial charge in [-0.1, -0.05) is 18.2 Å². The average Bonchev–Trinajstić information content (AvgIpc) is 3.28. The first-order valence-electron chi connectivity index (χ1n) is 8.44. The number of nitrogens with zero attached hydrogens (tertiary/aromatic N) is 1. The lowest BCUT2D eigenvalue weighted by Gasteiger charge is -2.11. The molecule has 0 bridgehead atoms. The zero-order valence-corrected chi connectivity index (χ0v) is 13.4. The van der Waals surface area contributed by atoms with E-state index >= 15 is 0 Å². The number of aromatic nitrogens is 1. The van der Waals surface area contributed by atoms with Crippen molar-refractivity contribution in [2.24, 2.45) is 10.9 Å². The van der Waals surface area contributed by atoms with Gasteiger partial charge >= 0.3 is 0 Å². The Labute approximate surface area is 132 Å². The molecular formula is C18H26N4. The van der Waals surface area contributed by atoms with E-state index in [0.717, 1.165) is 44.4 Å². The van der Waals surface area contributed by atoms with E-state index in [1.54, 1.807) is 0 Å². The summed E-state index contributed by atoms with van der Waals surface area (Å²) in [6.07, 6.45) is 7.03. The molecule has 0 aliphatic heterocycles. The van der Waals surface area contributed by atoms with E-state index in [2.05, 4.69) is 58.0 Å². The summed E-state index contributed by atoms with van der Waals surface area (Å²) < 4.78 is 0. The van der Waals surface area contributed by atoms with Crippen molar-refractivity contribution in [3.05, 3.63) is 36.0 Å². The zero-order valence-electron chi connectivity index (χ0n) is 13.4. The Morgan fingerprint density at radius 3 is 2.95 bits per heavy atom. The Morgan fingerprint density at radius 2 is 2.14 bits per heavy atom. The number of aliphatic imine (C=N–C) groups is 1. The number of guanidine groups is 1. The first kappa shape index (κ1) is 14.9. The summed E-state index contributed by atoms with van der Waals surface area (Å²) in [6.45, 7) is 4.95. The number of hydrogen-bond donors (Lipinski definition) is 3. The molecule has 1 fully saturated rings. The molecule has 0 unspecified atom stereocenters. The Hall–Kier alpha value is -1.97. The molecule has 1 aromatic carbocycles. The quantitative estimate of drug-likeness (QED) is 0.418. The second kappa shape index (κ2) is 7.34. The third kappa shape index (κ3) is 4.03. The molecule has 0 amide bonds. The Morgan fingerprint density at radius 1 is 1.27 bits per heavy atom. The maximum Gasteiger partial charge on any atom is 0.191 e. The van der Waals surface area contributed by atoms with Crippen LogP contribution in [-0.2, 0) is 6.42 Å². The number of rotatable bonds is 7. The fourth-order valence-electron chi connectivity index (χ4n) is 2.69. The molecule has 1 heterocycles. The van der Waals surface area contributed by atoms with E-state index in [9.17, 15) is 0 Å². The van der Waals surface area contributed by atoms with Crippen molar-refractivity contribution in [1.29, 1.82) is 0 Å². The highest BCUT2D eigenvalue weighted by molar-refractivity contribution is 5.83. The minimum Gasteiger partial charge on any atom is -0.361 e. The highest BCUT2D eigenvalue weighted by atomic mass is 15.2. The van der Waals surface area contributed by atoms with Gasteiger partial charge in [-0.05, 0) is 50.2 Å². The number of fused-ring (bicyclic) bond motifs is 1. The van der Waals surface area contributed by atoms with Crippen LogP contribution in [0.15, 0.2) is 35.5 Å². The molecule has 1 saturated carbocycles. The number of aromatic amines is 1. The summed E-state index contributed by atoms with van der Waals surface area (Å²) in [7, 11) is 0. The third-order valence-electron chi connectivity index (χ3n) is 4.14. The minimum atomic E-state index is 0.835. The first-order valence-corrected chi connectivity index (χ1v) is 8.44. The van der Waals surface area contributed by atoms with Gasteiger partial charge in [0.25, 0.3) is 0 Å². The lowest BCUT2D eigenvalue weighted by Crippen LogP contribution is -2.38. The molecule has 3 rings (SSSR count). The van der Waals surface area contributed by atoms with Gasteiger partial charge in [0.05, 0.1) is 0 Å². The summed E-state index contributed by atoms with van der Waals surface area (Å²) in [4.78, 5) is 7.99. The molecule has 1 aliphatic rings. The summed E-state index contributed by atoms with van der Waals surface area (Å²) in [5.74, 6) is 1.80. The molecule has 2 aromatic rings. The van der Waals surface area contributed by atoms with E-state index in [4.69, 9.17) is 0 Å². The van der Waals surface area contributed by atoms with Crippen LogP contribution in [0.4, 0.5) is 0 Å². The van der Waals surface area contributed by atoms with Gasteiger partial charge in [-0.3, -0.25) is 4.99 Å². The molecule has 1 aromatic heterocycles. The molecule has 1 aliphatic carbocycles. The monoisotopic (exact) mass is 298 g/mol. The van der Waals surface area contributed by atoms with Gasteiger partial charge in [0.2, 0.25) is 0 Å². The fraction of sp³-hybridized carbons (Fsp3) is 0.500. The summed E-state index contributed by atoms with van der Waals surface area (Å²) in [6, 6.07) is 8.50. The van der Waals surface area contributed by atoms with E-state index < -0.39 is 0 Å². The molecule has 4 heteroatoms. The van der Waals surface area contributed by atoms with Crippen molar-refractivity contribution in [2.75, 3.05) is 19.6 Å². The predicted molar refractivity (Wildman–Crippen MR) is 93.3 cm³/mol. The van der Waals surface area contributed by atoms with Crippen LogP contribution in [0.25, 0.3) is 10.9 Å². The first-order chi connectivity index (χ1) is 10.9. The Kier molecular flexibility index (Phi) is 4.99. The van der Waals surface area contributed by atoms with E-state index in [-0.39, 0.29) is 0 Å². The van der Waals surface area contributed by atoms with Gasteiger partial charge in [-0.25, -0.2) is 0 Å². The number of nitrogens with one attached hydrogen (secondary N) is 3. The second-order valence-corrected chi connectivity index (χ2v) is 6.05. The molecule has 0 radical (unpaired) electrons. The number of H-pyrrole nitrogens is 1. The number of benzene rings is 1. The minimum absolute atomic E-state index is 0.835. The van der Waals surface area contributed by atoms with Crippen molar-refractivity contribution < 1.29 is 0 Å². The van der Waals surface area contributed by atoms with Crippen molar-refractivity contribution in [2.45, 2.75) is 32.6 Å². The smallest absolute Gasteiger partial charge is 0.191 e. The zero-order chi connectivity index (χ0) is 15.2. The standard InChI is InChI=1S/C18H26N4/c1-2-19-18(22-12-14-9-10-14)20-11-5-6-15-13-21-17-8-4-3-7-16(15)17/h3-4,7-8,13-14,21H,2,5-6,9-12H2,1H3,(H2,19,20,22). The van der Waals surface area contributed by atoms with Crippen LogP contribution in [0.2, 0.25) is 0 Å². The van der Waals surface area contributed by atoms with Crippen molar-refractivity contribution in [1.82, 2.24) is 15.6 Å². The molecular weight excluding hydrogens is 272 g/mol. The molecule has 22 heavy (non-hydrogen) atoms. The largest absolute Gasteiger partial charge is 0.361 e. The molecule has 3 N–H and O–H groups in total. The highest BCUT2D eigenvalue weighted by Crippen LogP contribution is 2.28. The molecule has 4 nitrogen and oxygen atoms in total. The fourth-order valence-corrected chi connectivity index (χ4v) is 2.69. The lowest BCUT2D eigenvalue weighted by molar-refractivity contribution is 0.738. The van der Waals surface area contributed by atoms with Gasteiger partial charge < -0.3 is 15.6 Å². The normalized spacial score (nSPS) is 15.2. The maximum atomic E-state index is 4.65. The summed E-state index contributed by atoms with van der Waals surface area (Å²) in [5, 5.41) is 8.11. The summed E-state index contributed by atoms with van der Waals surface area (Å²) in [5.41, 5.74) is 2.63. The maximum absolute atomic E-state index is 4.65. The van der Waals surface area contributed by atoms with Crippen LogP contribution in [-0.4, -0.2) is 30.6 Å². The number of para-hydroxylation sites is 1. The molecule has 0 saturated heterocycles. The molecule has 0 atom stereocenters. The van der Waals surface area contributed by atoms with E-state index in [1.807, 2.05) is 0 Å². The number of aryl methyl sites for hydroxylation is 1. The summed E-state index contributed by atoms with van der Waals surface area (Å²) >= 11 is 0. The Bertz CT molecular complexity index is 625. The van der Waals surface area contributed by atoms with Gasteiger partial charge in [-0.15, -0.1) is 0 Å². The van der Waals surface area contributed by atoms with Crippen molar-refractivity contribution >= 4 is 16.9 Å². The number of hydrogen-bond acceptors (Lipinski definition) is 1. The molecule has 118 valence electrons. The van der Waals surface area contributed by atoms with Gasteiger partial charge in [-0.2, -0.15) is 0 Å². The Balaban J connectivity index is 1.46. The van der Waals surface area contributed by atoms with Crippen LogP contribution in [0.1, 0.15) is 31.7 Å². The van der Waals surface area contributed by atoms with E-state index in [1.165, 1.54) is 29.3 Å². The van der Waals surface area contributed by atoms with Crippen LogP contribution in [0.3, 0.4) is 0 Å². The lowest BCUT2D eigenvalue weighted by atomic mass is 10.1. The SMILES string of the molecule is CCNC(=NCC1CC1)NCCCc1c[nH]c2ccccc12. The van der Waals surface area contributed by atoms with Gasteiger partial charge in [0.1, 0.15) is 0 Å². The topological polar surface area (TPSA) is 52.2 Å².